The Morgan fingerprint density at radius 3 is 2.52 bits per heavy atom. The summed E-state index contributed by atoms with van der Waals surface area (Å²) in [5.41, 5.74) is 8.42. The molecule has 1 fully saturated rings. The van der Waals surface area contributed by atoms with Crippen molar-refractivity contribution in [1.82, 2.24) is 14.9 Å². The van der Waals surface area contributed by atoms with E-state index in [0.29, 0.717) is 33.8 Å². The number of nitrogens with zero attached hydrogens (tertiary/aromatic N) is 4. The maximum Gasteiger partial charge on any atom is 0.227 e. The van der Waals surface area contributed by atoms with E-state index in [1.54, 1.807) is 24.4 Å². The molecule has 6 nitrogen and oxygen atoms in total. The van der Waals surface area contributed by atoms with Crippen molar-refractivity contribution >= 4 is 34.6 Å². The lowest BCUT2D eigenvalue weighted by Crippen LogP contribution is -2.93. The Hall–Kier alpha value is -4.36. The SMILES string of the molecule is C=C=C(c1ccc(Nc2ncc3c(n2)-c2ccc(Cl)cc2C(c2c(F)cccc2F)=NC3)cc1)N1CC([NH2+]C)C1. The summed E-state index contributed by atoms with van der Waals surface area (Å²) in [6.07, 6.45) is 1.69. The lowest BCUT2D eigenvalue weighted by Gasteiger charge is -2.38. The van der Waals surface area contributed by atoms with Crippen LogP contribution < -0.4 is 10.6 Å². The fourth-order valence-corrected chi connectivity index (χ4v) is 5.24. The Balaban J connectivity index is 1.31. The van der Waals surface area contributed by atoms with Crippen LogP contribution in [0.1, 0.15) is 22.3 Å². The predicted molar refractivity (Wildman–Crippen MR) is 154 cm³/mol. The van der Waals surface area contributed by atoms with Crippen molar-refractivity contribution in [3.05, 3.63) is 118 Å². The second-order valence-corrected chi connectivity index (χ2v) is 10.2. The number of quaternary nitrogens is 1. The highest BCUT2D eigenvalue weighted by atomic mass is 35.5. The minimum Gasteiger partial charge on any atom is -0.353 e. The molecule has 40 heavy (non-hydrogen) atoms. The lowest BCUT2D eigenvalue weighted by molar-refractivity contribution is -0.673. The number of halogens is 3. The molecule has 200 valence electrons. The van der Waals surface area contributed by atoms with Crippen LogP contribution in [0.3, 0.4) is 0 Å². The topological polar surface area (TPSA) is 70.0 Å². The number of nitrogens with two attached hydrogens (primary N) is 1. The number of aliphatic imine (C=N–C) groups is 1. The summed E-state index contributed by atoms with van der Waals surface area (Å²) in [7, 11) is 2.09. The van der Waals surface area contributed by atoms with Crippen LogP contribution in [0.5, 0.6) is 0 Å². The highest BCUT2D eigenvalue weighted by Gasteiger charge is 2.30. The van der Waals surface area contributed by atoms with Crippen LogP contribution >= 0.6 is 11.6 Å². The number of rotatable bonds is 6. The number of hydrogen-bond donors (Lipinski definition) is 2. The molecule has 0 bridgehead atoms. The summed E-state index contributed by atoms with van der Waals surface area (Å²) in [6.45, 7) is 5.98. The van der Waals surface area contributed by atoms with Crippen LogP contribution in [0.25, 0.3) is 17.0 Å². The monoisotopic (exact) mass is 555 g/mol. The number of likely N-dealkylation sites (N-methyl/N-ethyl adjacent to an activating group) is 1. The van der Waals surface area contributed by atoms with Crippen molar-refractivity contribution in [3.8, 4) is 11.3 Å². The van der Waals surface area contributed by atoms with E-state index in [1.165, 1.54) is 18.2 Å². The van der Waals surface area contributed by atoms with Gasteiger partial charge in [0.05, 0.1) is 49.3 Å². The quantitative estimate of drug-likeness (QED) is 0.322. The number of fused-ring (bicyclic) bond motifs is 3. The molecule has 0 atom stereocenters. The van der Waals surface area contributed by atoms with Gasteiger partial charge in [0.25, 0.3) is 0 Å². The van der Waals surface area contributed by atoms with E-state index < -0.39 is 11.6 Å². The van der Waals surface area contributed by atoms with Crippen LogP contribution in [-0.4, -0.2) is 46.8 Å². The molecule has 0 radical (unpaired) electrons. The van der Waals surface area contributed by atoms with Gasteiger partial charge in [-0.05, 0) is 36.4 Å². The van der Waals surface area contributed by atoms with Gasteiger partial charge in [-0.2, -0.15) is 0 Å². The van der Waals surface area contributed by atoms with Gasteiger partial charge in [-0.15, -0.1) is 5.73 Å². The summed E-state index contributed by atoms with van der Waals surface area (Å²) in [4.78, 5) is 16.1. The van der Waals surface area contributed by atoms with Gasteiger partial charge in [0.2, 0.25) is 5.95 Å². The van der Waals surface area contributed by atoms with E-state index in [1.807, 2.05) is 24.3 Å². The van der Waals surface area contributed by atoms with Crippen LogP contribution in [-0.2, 0) is 6.54 Å². The fourth-order valence-electron chi connectivity index (χ4n) is 5.07. The minimum atomic E-state index is -0.695. The summed E-state index contributed by atoms with van der Waals surface area (Å²) in [5, 5.41) is 5.92. The Bertz CT molecular complexity index is 1670. The molecule has 2 aliphatic rings. The standard InChI is InChI=1S/C31H25ClF2N6/c1-3-27(40-16-22(17-40)35-2)18-7-10-21(11-8-18)38-31-37-15-19-14-36-30(28-25(33)5-4-6-26(28)34)24-13-20(32)9-12-23(24)29(19)39-31/h4-13,15,22,35H,1,14,16-17H2,2H3,(H,37,38,39)/p+1. The predicted octanol–water partition coefficient (Wildman–Crippen LogP) is 5.17. The number of likely N-dealkylation sites (tertiary alicyclic amines) is 1. The van der Waals surface area contributed by atoms with Crippen molar-refractivity contribution in [2.24, 2.45) is 4.99 Å². The van der Waals surface area contributed by atoms with E-state index >= 15 is 0 Å². The molecule has 4 aromatic rings. The number of aromatic nitrogens is 2. The summed E-state index contributed by atoms with van der Waals surface area (Å²) >= 11 is 6.32. The Kier molecular flexibility index (Phi) is 6.90. The molecule has 3 aromatic carbocycles. The van der Waals surface area contributed by atoms with Gasteiger partial charge in [-0.3, -0.25) is 4.99 Å². The van der Waals surface area contributed by atoms with E-state index in [4.69, 9.17) is 16.6 Å². The summed E-state index contributed by atoms with van der Waals surface area (Å²) in [6, 6.07) is 17.5. The first-order chi connectivity index (χ1) is 19.4. The lowest BCUT2D eigenvalue weighted by atomic mass is 9.95. The van der Waals surface area contributed by atoms with Crippen molar-refractivity contribution in [2.75, 3.05) is 25.5 Å². The van der Waals surface area contributed by atoms with Gasteiger partial charge >= 0.3 is 0 Å². The van der Waals surface area contributed by atoms with E-state index in [2.05, 4.69) is 44.9 Å². The minimum absolute atomic E-state index is 0.156. The molecule has 0 aliphatic carbocycles. The van der Waals surface area contributed by atoms with Gasteiger partial charge < -0.3 is 15.5 Å². The third kappa shape index (κ3) is 4.77. The van der Waals surface area contributed by atoms with Crippen molar-refractivity contribution in [1.29, 1.82) is 0 Å². The first kappa shape index (κ1) is 25.9. The highest BCUT2D eigenvalue weighted by molar-refractivity contribution is 6.31. The summed E-state index contributed by atoms with van der Waals surface area (Å²) < 4.78 is 29.6. The Morgan fingerprint density at radius 1 is 1.07 bits per heavy atom. The van der Waals surface area contributed by atoms with Crippen molar-refractivity contribution in [3.63, 3.8) is 0 Å². The molecule has 3 heterocycles. The third-order valence-corrected chi connectivity index (χ3v) is 7.48. The van der Waals surface area contributed by atoms with Gasteiger partial charge in [0.15, 0.2) is 0 Å². The van der Waals surface area contributed by atoms with Gasteiger partial charge in [0.1, 0.15) is 17.7 Å². The van der Waals surface area contributed by atoms with Crippen molar-refractivity contribution in [2.45, 2.75) is 12.6 Å². The average molecular weight is 556 g/mol. The Labute approximate surface area is 235 Å². The second-order valence-electron chi connectivity index (χ2n) is 9.74. The van der Waals surface area contributed by atoms with Gasteiger partial charge in [-0.25, -0.2) is 18.7 Å². The van der Waals surface area contributed by atoms with Crippen LogP contribution in [0.4, 0.5) is 20.4 Å². The molecule has 6 rings (SSSR count). The van der Waals surface area contributed by atoms with Crippen LogP contribution in [0.2, 0.25) is 5.02 Å². The molecule has 9 heteroatoms. The Morgan fingerprint density at radius 2 is 1.82 bits per heavy atom. The first-order valence-electron chi connectivity index (χ1n) is 12.9. The second kappa shape index (κ2) is 10.7. The van der Waals surface area contributed by atoms with E-state index in [0.717, 1.165) is 35.6 Å². The molecule has 1 aromatic heterocycles. The third-order valence-electron chi connectivity index (χ3n) is 7.24. The zero-order valence-electron chi connectivity index (χ0n) is 21.8. The van der Waals surface area contributed by atoms with E-state index in [9.17, 15) is 8.78 Å². The van der Waals surface area contributed by atoms with Crippen LogP contribution in [0, 0.1) is 11.6 Å². The van der Waals surface area contributed by atoms with Crippen LogP contribution in [0.15, 0.2) is 84.2 Å². The molecule has 0 unspecified atom stereocenters. The molecule has 2 aliphatic heterocycles. The number of nitrogens with one attached hydrogen (secondary N) is 1. The molecular formula is C31H26ClF2N6+. The zero-order valence-corrected chi connectivity index (χ0v) is 22.5. The van der Waals surface area contributed by atoms with Crippen molar-refractivity contribution < 1.29 is 14.1 Å². The molecule has 3 N–H and O–H groups in total. The zero-order chi connectivity index (χ0) is 27.8. The molecule has 0 saturated carbocycles. The molecule has 1 saturated heterocycles. The first-order valence-corrected chi connectivity index (χ1v) is 13.3. The highest BCUT2D eigenvalue weighted by Crippen LogP contribution is 2.35. The van der Waals surface area contributed by atoms with Gasteiger partial charge in [0, 0.05) is 39.2 Å². The molecule has 0 amide bonds. The van der Waals surface area contributed by atoms with Gasteiger partial charge in [-0.1, -0.05) is 42.4 Å². The molecule has 0 spiro atoms. The number of benzene rings is 3. The fraction of sp³-hybridized carbons (Fsp3) is 0.161. The number of hydrogen-bond acceptors (Lipinski definition) is 5. The maximum absolute atomic E-state index is 14.8. The summed E-state index contributed by atoms with van der Waals surface area (Å²) in [5.74, 6) is -1.00. The normalized spacial score (nSPS) is 14.3. The smallest absolute Gasteiger partial charge is 0.227 e. The largest absolute Gasteiger partial charge is 0.353 e. The maximum atomic E-state index is 14.8. The number of anilines is 2. The van der Waals surface area contributed by atoms with E-state index in [-0.39, 0.29) is 17.8 Å². The average Bonchev–Trinajstić information content (AvgIpc) is 3.07. The molecular weight excluding hydrogens is 530 g/mol.